The van der Waals surface area contributed by atoms with Gasteiger partial charge in [0, 0.05) is 11.8 Å². The molecule has 0 aromatic heterocycles. The summed E-state index contributed by atoms with van der Waals surface area (Å²) in [6.45, 7) is -1.52. The van der Waals surface area contributed by atoms with Gasteiger partial charge in [-0.3, -0.25) is 4.99 Å². The van der Waals surface area contributed by atoms with Gasteiger partial charge in [0.25, 0.3) is 0 Å². The Hall–Kier alpha value is -2.19. The predicted molar refractivity (Wildman–Crippen MR) is 60.6 cm³/mol. The zero-order valence-corrected chi connectivity index (χ0v) is 10.1. The number of nitrogen functional groups attached to an aromatic ring is 1. The van der Waals surface area contributed by atoms with Crippen molar-refractivity contribution in [3.8, 4) is 0 Å². The molecule has 20 heavy (non-hydrogen) atoms. The SMILES string of the molecule is COC(=O)c1c(F)cc(C=NCC(F)(F)F)c(N)c1F. The van der Waals surface area contributed by atoms with Gasteiger partial charge >= 0.3 is 12.1 Å². The summed E-state index contributed by atoms with van der Waals surface area (Å²) in [5.74, 6) is -4.01. The van der Waals surface area contributed by atoms with Crippen LogP contribution in [0.25, 0.3) is 0 Å². The fraction of sp³-hybridized carbons (Fsp3) is 0.273. The molecule has 2 N–H and O–H groups in total. The van der Waals surface area contributed by atoms with Gasteiger partial charge in [-0.05, 0) is 6.07 Å². The van der Waals surface area contributed by atoms with E-state index in [1.54, 1.807) is 0 Å². The molecule has 0 amide bonds. The number of esters is 1. The van der Waals surface area contributed by atoms with Crippen molar-refractivity contribution in [2.75, 3.05) is 19.4 Å². The minimum atomic E-state index is -4.55. The number of hydrogen-bond acceptors (Lipinski definition) is 4. The highest BCUT2D eigenvalue weighted by atomic mass is 19.4. The molecule has 110 valence electrons. The van der Waals surface area contributed by atoms with Crippen molar-refractivity contribution in [1.29, 1.82) is 0 Å². The average molecular weight is 296 g/mol. The van der Waals surface area contributed by atoms with Gasteiger partial charge in [0.05, 0.1) is 12.8 Å². The maximum absolute atomic E-state index is 13.7. The summed E-state index contributed by atoms with van der Waals surface area (Å²) < 4.78 is 67.0. The number of aliphatic imine (C=N–C) groups is 1. The van der Waals surface area contributed by atoms with Crippen LogP contribution in [-0.2, 0) is 4.74 Å². The third kappa shape index (κ3) is 3.65. The van der Waals surface area contributed by atoms with Gasteiger partial charge in [0.1, 0.15) is 17.9 Å². The number of nitrogens with zero attached hydrogens (tertiary/aromatic N) is 1. The highest BCUT2D eigenvalue weighted by Gasteiger charge is 2.26. The molecule has 0 spiro atoms. The summed E-state index contributed by atoms with van der Waals surface area (Å²) in [5.41, 5.74) is 3.15. The highest BCUT2D eigenvalue weighted by Crippen LogP contribution is 2.23. The normalized spacial score (nSPS) is 11.9. The van der Waals surface area contributed by atoms with E-state index >= 15 is 0 Å². The number of anilines is 1. The van der Waals surface area contributed by atoms with Gasteiger partial charge in [-0.15, -0.1) is 0 Å². The Bertz CT molecular complexity index is 555. The van der Waals surface area contributed by atoms with Crippen LogP contribution in [0.4, 0.5) is 27.6 Å². The summed E-state index contributed by atoms with van der Waals surface area (Å²) in [5, 5.41) is 0. The van der Waals surface area contributed by atoms with Crippen LogP contribution in [0.15, 0.2) is 11.1 Å². The number of rotatable bonds is 3. The van der Waals surface area contributed by atoms with Gasteiger partial charge in [0.2, 0.25) is 0 Å². The molecule has 1 rings (SSSR count). The smallest absolute Gasteiger partial charge is 0.407 e. The van der Waals surface area contributed by atoms with Gasteiger partial charge in [-0.25, -0.2) is 13.6 Å². The fourth-order valence-corrected chi connectivity index (χ4v) is 1.30. The van der Waals surface area contributed by atoms with Crippen molar-refractivity contribution in [2.45, 2.75) is 6.18 Å². The lowest BCUT2D eigenvalue weighted by Crippen LogP contribution is -2.13. The summed E-state index contributed by atoms with van der Waals surface area (Å²) >= 11 is 0. The first-order valence-electron chi connectivity index (χ1n) is 5.09. The van der Waals surface area contributed by atoms with Gasteiger partial charge in [-0.1, -0.05) is 0 Å². The van der Waals surface area contributed by atoms with Crippen molar-refractivity contribution in [2.24, 2.45) is 4.99 Å². The van der Waals surface area contributed by atoms with Crippen LogP contribution < -0.4 is 5.73 Å². The number of carbonyl (C=O) groups is 1. The number of halogens is 5. The molecule has 0 aliphatic rings. The van der Waals surface area contributed by atoms with Crippen LogP contribution in [0.1, 0.15) is 15.9 Å². The number of methoxy groups -OCH3 is 1. The molecule has 0 bridgehead atoms. The van der Waals surface area contributed by atoms with E-state index in [0.717, 1.165) is 7.11 Å². The molecule has 0 aliphatic carbocycles. The lowest BCUT2D eigenvalue weighted by molar-refractivity contribution is -0.118. The van der Waals surface area contributed by atoms with E-state index in [4.69, 9.17) is 5.73 Å². The quantitative estimate of drug-likeness (QED) is 0.403. The van der Waals surface area contributed by atoms with E-state index in [9.17, 15) is 26.7 Å². The lowest BCUT2D eigenvalue weighted by atomic mass is 10.1. The van der Waals surface area contributed by atoms with Crippen LogP contribution in [0.3, 0.4) is 0 Å². The third-order valence-corrected chi connectivity index (χ3v) is 2.18. The second-order valence-corrected chi connectivity index (χ2v) is 3.63. The maximum Gasteiger partial charge on any atom is 0.407 e. The average Bonchev–Trinajstić information content (AvgIpc) is 2.33. The topological polar surface area (TPSA) is 64.7 Å². The molecule has 0 heterocycles. The Morgan fingerprint density at radius 3 is 2.55 bits per heavy atom. The van der Waals surface area contributed by atoms with Crippen molar-refractivity contribution in [1.82, 2.24) is 0 Å². The highest BCUT2D eigenvalue weighted by molar-refractivity contribution is 5.95. The van der Waals surface area contributed by atoms with Crippen molar-refractivity contribution >= 4 is 17.9 Å². The van der Waals surface area contributed by atoms with Crippen LogP contribution >= 0.6 is 0 Å². The Morgan fingerprint density at radius 2 is 2.05 bits per heavy atom. The maximum atomic E-state index is 13.7. The molecule has 0 radical (unpaired) electrons. The van der Waals surface area contributed by atoms with Crippen molar-refractivity contribution in [3.63, 3.8) is 0 Å². The van der Waals surface area contributed by atoms with Crippen LogP contribution in [0, 0.1) is 11.6 Å². The Morgan fingerprint density at radius 1 is 1.45 bits per heavy atom. The number of nitrogens with two attached hydrogens (primary N) is 1. The van der Waals surface area contributed by atoms with Crippen molar-refractivity contribution in [3.05, 3.63) is 28.8 Å². The first kappa shape index (κ1) is 15.9. The molecule has 0 saturated carbocycles. The molecular weight excluding hydrogens is 287 g/mol. The number of benzene rings is 1. The minimum Gasteiger partial charge on any atom is -0.465 e. The molecule has 0 saturated heterocycles. The molecule has 0 fully saturated rings. The van der Waals surface area contributed by atoms with E-state index in [1.807, 2.05) is 0 Å². The first-order valence-corrected chi connectivity index (χ1v) is 5.09. The second-order valence-electron chi connectivity index (χ2n) is 3.63. The number of hydrogen-bond donors (Lipinski definition) is 1. The molecule has 0 aliphatic heterocycles. The lowest BCUT2D eigenvalue weighted by Gasteiger charge is -2.08. The summed E-state index contributed by atoms with van der Waals surface area (Å²) in [6, 6.07) is 0.602. The molecule has 0 atom stereocenters. The third-order valence-electron chi connectivity index (χ3n) is 2.18. The molecular formula is C11H9F5N2O2. The van der Waals surface area contributed by atoms with Crippen LogP contribution in [-0.4, -0.2) is 32.0 Å². The molecule has 9 heteroatoms. The zero-order chi connectivity index (χ0) is 15.5. The minimum absolute atomic E-state index is 0.406. The largest absolute Gasteiger partial charge is 0.465 e. The van der Waals surface area contributed by atoms with Gasteiger partial charge in [-0.2, -0.15) is 13.2 Å². The number of ether oxygens (including phenoxy) is 1. The zero-order valence-electron chi connectivity index (χ0n) is 10.1. The van der Waals surface area contributed by atoms with E-state index in [0.29, 0.717) is 12.3 Å². The number of alkyl halides is 3. The molecule has 4 nitrogen and oxygen atoms in total. The monoisotopic (exact) mass is 296 g/mol. The Balaban J connectivity index is 3.17. The summed E-state index contributed by atoms with van der Waals surface area (Å²) in [7, 11) is 0.913. The number of carbonyl (C=O) groups excluding carboxylic acids is 1. The Kier molecular flexibility index (Phi) is 4.64. The van der Waals surface area contributed by atoms with Gasteiger partial charge < -0.3 is 10.5 Å². The summed E-state index contributed by atoms with van der Waals surface area (Å²) in [6.07, 6.45) is -3.97. The molecule has 0 unspecified atom stereocenters. The second kappa shape index (κ2) is 5.85. The molecule has 1 aromatic carbocycles. The van der Waals surface area contributed by atoms with Crippen LogP contribution in [0.5, 0.6) is 0 Å². The first-order chi connectivity index (χ1) is 9.17. The Labute approximate surface area is 110 Å². The van der Waals surface area contributed by atoms with E-state index in [1.165, 1.54) is 0 Å². The molecule has 1 aromatic rings. The summed E-state index contributed by atoms with van der Waals surface area (Å²) in [4.78, 5) is 14.1. The van der Waals surface area contributed by atoms with Gasteiger partial charge in [0.15, 0.2) is 5.82 Å². The van der Waals surface area contributed by atoms with E-state index in [2.05, 4.69) is 9.73 Å². The van der Waals surface area contributed by atoms with Crippen molar-refractivity contribution < 1.29 is 31.5 Å². The van der Waals surface area contributed by atoms with Crippen LogP contribution in [0.2, 0.25) is 0 Å². The predicted octanol–water partition coefficient (Wildman–Crippen LogP) is 2.31. The standard InChI is InChI=1S/C11H9F5N2O2/c1-20-10(19)7-6(12)2-5(9(17)8(7)13)3-18-4-11(14,15)16/h2-3H,4,17H2,1H3. The fourth-order valence-electron chi connectivity index (χ4n) is 1.30. The van der Waals surface area contributed by atoms with E-state index in [-0.39, 0.29) is 0 Å². The van der Waals surface area contributed by atoms with E-state index < -0.39 is 47.1 Å².